The lowest BCUT2D eigenvalue weighted by Gasteiger charge is -2.14. The molecule has 1 amide bonds. The molecule has 23 heavy (non-hydrogen) atoms. The number of benzene rings is 1. The van der Waals surface area contributed by atoms with Crippen LogP contribution in [0.1, 0.15) is 57.3 Å². The van der Waals surface area contributed by atoms with Gasteiger partial charge in [0.1, 0.15) is 5.75 Å². The molecule has 1 aromatic heterocycles. The molecule has 0 aliphatic rings. The highest BCUT2D eigenvalue weighted by Gasteiger charge is 2.19. The molecular formula is C17H20N2O3S. The number of Topliss-reactive ketones (excluding diaryl/α,β-unsaturated/α-hetero) is 1. The van der Waals surface area contributed by atoms with Crippen LogP contribution >= 0.6 is 11.3 Å². The maximum atomic E-state index is 12.5. The first-order valence-electron chi connectivity index (χ1n) is 7.30. The molecule has 122 valence electrons. The number of hydrogen-bond acceptors (Lipinski definition) is 5. The first-order valence-corrected chi connectivity index (χ1v) is 8.12. The molecule has 0 aliphatic heterocycles. The number of nitrogens with zero attached hydrogens (tertiary/aromatic N) is 1. The van der Waals surface area contributed by atoms with E-state index in [0.29, 0.717) is 33.5 Å². The third-order valence-corrected chi connectivity index (χ3v) is 4.84. The number of rotatable bonds is 5. The highest BCUT2D eigenvalue weighted by Crippen LogP contribution is 2.31. The maximum absolute atomic E-state index is 12.5. The SMILES string of the molecule is COc1ccc(C(C)=O)c(NC(=O)c2ncc(C(C)C)s2)c1C. The van der Waals surface area contributed by atoms with Gasteiger partial charge in [-0.2, -0.15) is 0 Å². The first-order chi connectivity index (χ1) is 10.8. The number of thiazole rings is 1. The van der Waals surface area contributed by atoms with E-state index in [2.05, 4.69) is 24.1 Å². The quantitative estimate of drug-likeness (QED) is 0.839. The second-order valence-corrected chi connectivity index (χ2v) is 6.61. The Labute approximate surface area is 139 Å². The molecular weight excluding hydrogens is 312 g/mol. The van der Waals surface area contributed by atoms with Crippen LogP contribution in [0.25, 0.3) is 0 Å². The predicted molar refractivity (Wildman–Crippen MR) is 91.9 cm³/mol. The minimum absolute atomic E-state index is 0.118. The summed E-state index contributed by atoms with van der Waals surface area (Å²) in [6.45, 7) is 7.38. The van der Waals surface area contributed by atoms with Gasteiger partial charge in [0.15, 0.2) is 10.8 Å². The second-order valence-electron chi connectivity index (χ2n) is 5.55. The van der Waals surface area contributed by atoms with Gasteiger partial charge in [-0.3, -0.25) is 9.59 Å². The first kappa shape index (κ1) is 17.1. The molecule has 0 atom stereocenters. The Kier molecular flexibility index (Phi) is 5.15. The third kappa shape index (κ3) is 3.59. The lowest BCUT2D eigenvalue weighted by molar-refractivity contribution is 0.101. The molecule has 0 aliphatic carbocycles. The molecule has 0 unspecified atom stereocenters. The lowest BCUT2D eigenvalue weighted by atomic mass is 10.0. The van der Waals surface area contributed by atoms with Gasteiger partial charge in [0.05, 0.1) is 12.8 Å². The van der Waals surface area contributed by atoms with Crippen molar-refractivity contribution in [3.05, 3.63) is 39.3 Å². The number of aromatic nitrogens is 1. The average molecular weight is 332 g/mol. The predicted octanol–water partition coefficient (Wildman–Crippen LogP) is 4.04. The van der Waals surface area contributed by atoms with Crippen LogP contribution in [0, 0.1) is 6.92 Å². The zero-order valence-electron chi connectivity index (χ0n) is 13.9. The molecule has 2 rings (SSSR count). The topological polar surface area (TPSA) is 68.3 Å². The van der Waals surface area contributed by atoms with Crippen LogP contribution < -0.4 is 10.1 Å². The molecule has 1 heterocycles. The largest absolute Gasteiger partial charge is 0.496 e. The maximum Gasteiger partial charge on any atom is 0.284 e. The van der Waals surface area contributed by atoms with Crippen molar-refractivity contribution in [2.45, 2.75) is 33.6 Å². The van der Waals surface area contributed by atoms with Crippen LogP contribution in [0.3, 0.4) is 0 Å². The number of ketones is 1. The molecule has 1 aromatic carbocycles. The van der Waals surface area contributed by atoms with Gasteiger partial charge in [0.2, 0.25) is 0 Å². The van der Waals surface area contributed by atoms with Crippen LogP contribution in [-0.4, -0.2) is 23.8 Å². The summed E-state index contributed by atoms with van der Waals surface area (Å²) in [6.07, 6.45) is 1.72. The van der Waals surface area contributed by atoms with E-state index >= 15 is 0 Å². The minimum Gasteiger partial charge on any atom is -0.496 e. The minimum atomic E-state index is -0.319. The molecule has 5 nitrogen and oxygen atoms in total. The summed E-state index contributed by atoms with van der Waals surface area (Å²) in [5, 5.41) is 3.19. The highest BCUT2D eigenvalue weighted by atomic mass is 32.1. The summed E-state index contributed by atoms with van der Waals surface area (Å²) in [6, 6.07) is 3.38. The van der Waals surface area contributed by atoms with Crippen LogP contribution in [0.4, 0.5) is 5.69 Å². The lowest BCUT2D eigenvalue weighted by Crippen LogP contribution is -2.15. The Balaban J connectivity index is 2.37. The van der Waals surface area contributed by atoms with Crippen LogP contribution in [0.2, 0.25) is 0 Å². The fourth-order valence-corrected chi connectivity index (χ4v) is 3.01. The summed E-state index contributed by atoms with van der Waals surface area (Å²) in [5.74, 6) is 0.501. The Bertz CT molecular complexity index is 750. The Morgan fingerprint density at radius 2 is 2.00 bits per heavy atom. The van der Waals surface area contributed by atoms with Gasteiger partial charge in [-0.25, -0.2) is 4.98 Å². The van der Waals surface area contributed by atoms with E-state index in [0.717, 1.165) is 4.88 Å². The highest BCUT2D eigenvalue weighted by molar-refractivity contribution is 7.13. The number of nitrogens with one attached hydrogen (secondary N) is 1. The van der Waals surface area contributed by atoms with Crippen molar-refractivity contribution in [1.29, 1.82) is 0 Å². The molecule has 0 spiro atoms. The molecule has 2 aromatic rings. The fourth-order valence-electron chi connectivity index (χ4n) is 2.19. The van der Waals surface area contributed by atoms with Gasteiger partial charge in [-0.15, -0.1) is 11.3 Å². The number of amides is 1. The van der Waals surface area contributed by atoms with Crippen molar-refractivity contribution < 1.29 is 14.3 Å². The van der Waals surface area contributed by atoms with Gasteiger partial charge < -0.3 is 10.1 Å². The summed E-state index contributed by atoms with van der Waals surface area (Å²) < 4.78 is 5.27. The Morgan fingerprint density at radius 3 is 2.52 bits per heavy atom. The van der Waals surface area contributed by atoms with Crippen molar-refractivity contribution in [3.8, 4) is 5.75 Å². The number of methoxy groups -OCH3 is 1. The molecule has 0 radical (unpaired) electrons. The normalized spacial score (nSPS) is 10.7. The fraction of sp³-hybridized carbons (Fsp3) is 0.353. The Hall–Kier alpha value is -2.21. The number of hydrogen-bond donors (Lipinski definition) is 1. The Morgan fingerprint density at radius 1 is 1.30 bits per heavy atom. The number of carbonyl (C=O) groups is 2. The summed E-state index contributed by atoms with van der Waals surface area (Å²) in [5.41, 5.74) is 1.65. The summed E-state index contributed by atoms with van der Waals surface area (Å²) in [7, 11) is 1.55. The van der Waals surface area contributed by atoms with E-state index in [-0.39, 0.29) is 11.7 Å². The summed E-state index contributed by atoms with van der Waals surface area (Å²) >= 11 is 1.36. The zero-order chi connectivity index (χ0) is 17.1. The van der Waals surface area contributed by atoms with E-state index in [1.807, 2.05) is 6.92 Å². The molecule has 0 fully saturated rings. The van der Waals surface area contributed by atoms with Crippen LogP contribution in [0.5, 0.6) is 5.75 Å². The molecule has 1 N–H and O–H groups in total. The van der Waals surface area contributed by atoms with Gasteiger partial charge in [-0.1, -0.05) is 13.8 Å². The van der Waals surface area contributed by atoms with Crippen molar-refractivity contribution in [2.75, 3.05) is 12.4 Å². The second kappa shape index (κ2) is 6.91. The van der Waals surface area contributed by atoms with E-state index in [1.54, 1.807) is 25.4 Å². The molecule has 0 saturated carbocycles. The van der Waals surface area contributed by atoms with Gasteiger partial charge >= 0.3 is 0 Å². The zero-order valence-corrected chi connectivity index (χ0v) is 14.7. The van der Waals surface area contributed by atoms with Crippen LogP contribution in [-0.2, 0) is 0 Å². The average Bonchev–Trinajstić information content (AvgIpc) is 2.99. The summed E-state index contributed by atoms with van der Waals surface area (Å²) in [4.78, 5) is 29.5. The van der Waals surface area contributed by atoms with E-state index in [4.69, 9.17) is 4.74 Å². The number of ether oxygens (including phenoxy) is 1. The van der Waals surface area contributed by atoms with E-state index in [1.165, 1.54) is 18.3 Å². The van der Waals surface area contributed by atoms with Crippen molar-refractivity contribution in [1.82, 2.24) is 4.98 Å². The standard InChI is InChI=1S/C17H20N2O3S/c1-9(2)14-8-18-17(23-14)16(21)19-15-10(3)13(22-5)7-6-12(15)11(4)20/h6-9H,1-5H3,(H,19,21). The van der Waals surface area contributed by atoms with Crippen LogP contribution in [0.15, 0.2) is 18.3 Å². The van der Waals surface area contributed by atoms with E-state index < -0.39 is 0 Å². The third-order valence-electron chi connectivity index (χ3n) is 3.54. The van der Waals surface area contributed by atoms with Crippen molar-refractivity contribution >= 4 is 28.7 Å². The molecule has 6 heteroatoms. The van der Waals surface area contributed by atoms with Crippen molar-refractivity contribution in [2.24, 2.45) is 0 Å². The van der Waals surface area contributed by atoms with Gasteiger partial charge in [-0.05, 0) is 31.9 Å². The number of carbonyl (C=O) groups excluding carboxylic acids is 2. The van der Waals surface area contributed by atoms with Gasteiger partial charge in [0.25, 0.3) is 5.91 Å². The van der Waals surface area contributed by atoms with Gasteiger partial charge in [0, 0.05) is 22.2 Å². The smallest absolute Gasteiger partial charge is 0.284 e. The molecule has 0 saturated heterocycles. The van der Waals surface area contributed by atoms with Crippen molar-refractivity contribution in [3.63, 3.8) is 0 Å². The monoisotopic (exact) mass is 332 g/mol. The number of anilines is 1. The van der Waals surface area contributed by atoms with E-state index in [9.17, 15) is 9.59 Å². The molecule has 0 bridgehead atoms.